The predicted molar refractivity (Wildman–Crippen MR) is 247 cm³/mol. The van der Waals surface area contributed by atoms with Gasteiger partial charge in [0.25, 0.3) is 0 Å². The van der Waals surface area contributed by atoms with Gasteiger partial charge < -0.3 is 0 Å². The van der Waals surface area contributed by atoms with E-state index in [2.05, 4.69) is 206 Å². The third-order valence-corrected chi connectivity index (χ3v) is 13.0. The lowest BCUT2D eigenvalue weighted by Gasteiger charge is -2.12. The molecule has 0 amide bonds. The molecule has 0 bridgehead atoms. The van der Waals surface area contributed by atoms with Crippen molar-refractivity contribution < 1.29 is 0 Å². The van der Waals surface area contributed by atoms with Gasteiger partial charge in [-0.1, -0.05) is 194 Å². The molecule has 0 saturated heterocycles. The van der Waals surface area contributed by atoms with E-state index in [9.17, 15) is 0 Å². The summed E-state index contributed by atoms with van der Waals surface area (Å²) in [5, 5.41) is 10.6. The van der Waals surface area contributed by atoms with Crippen molar-refractivity contribution in [2.24, 2.45) is 0 Å². The molecule has 0 fully saturated rings. The first-order valence-electron chi connectivity index (χ1n) is 20.2. The van der Waals surface area contributed by atoms with Gasteiger partial charge in [0.15, 0.2) is 0 Å². The molecule has 0 spiro atoms. The number of fused-ring (bicyclic) bond motifs is 10. The lowest BCUT2D eigenvalue weighted by atomic mass is 9.91. The Balaban J connectivity index is 0.776. The number of hydrogen-bond donors (Lipinski definition) is 0. The summed E-state index contributed by atoms with van der Waals surface area (Å²) in [4.78, 5) is 0. The Morgan fingerprint density at radius 2 is 0.586 bits per heavy atom. The fourth-order valence-electron chi connectivity index (χ4n) is 10.2. The van der Waals surface area contributed by atoms with Gasteiger partial charge in [0.05, 0.1) is 0 Å². The summed E-state index contributed by atoms with van der Waals surface area (Å²) in [6, 6.07) is 76.8. The molecule has 58 heavy (non-hydrogen) atoms. The van der Waals surface area contributed by atoms with Crippen molar-refractivity contribution >= 4 is 43.1 Å². The zero-order valence-corrected chi connectivity index (χ0v) is 31.6. The smallest absolute Gasteiger partial charge is 0.00197 e. The van der Waals surface area contributed by atoms with Crippen molar-refractivity contribution in [3.05, 3.63) is 206 Å². The van der Waals surface area contributed by atoms with E-state index in [1.807, 2.05) is 0 Å². The molecule has 0 heteroatoms. The highest BCUT2D eigenvalue weighted by atomic mass is 14.3. The molecule has 11 aromatic carbocycles. The average molecular weight is 731 g/mol. The van der Waals surface area contributed by atoms with Crippen LogP contribution in [0.4, 0.5) is 0 Å². The summed E-state index contributed by atoms with van der Waals surface area (Å²) in [6.07, 6.45) is 0. The standard InChI is InChI=1S/C58H34/c1-2-8-47-46(7-1)51-12-5-11-50-44(31-32-53(47)57(50)51)40-25-23-38(24-26-40)36-17-15-35(16-18-36)37-19-21-39(22-20-37)41-29-30-45-42(33-41)27-28-43-34-55-49-10-4-3-9-48(49)52-13-6-14-54(56(43)45)58(52)55/h1-34H. The second kappa shape index (κ2) is 12.0. The van der Waals surface area contributed by atoms with Crippen LogP contribution in [0.2, 0.25) is 0 Å². The molecule has 0 unspecified atom stereocenters. The Labute approximate surface area is 336 Å². The normalized spacial score (nSPS) is 12.1. The van der Waals surface area contributed by atoms with Crippen LogP contribution in [0.1, 0.15) is 0 Å². The third-order valence-electron chi connectivity index (χ3n) is 13.0. The molecular weight excluding hydrogens is 697 g/mol. The van der Waals surface area contributed by atoms with Gasteiger partial charge in [0, 0.05) is 0 Å². The van der Waals surface area contributed by atoms with Gasteiger partial charge in [-0.05, 0) is 144 Å². The fraction of sp³-hybridized carbons (Fsp3) is 0. The lowest BCUT2D eigenvalue weighted by molar-refractivity contribution is 1.58. The van der Waals surface area contributed by atoms with Crippen molar-refractivity contribution in [3.63, 3.8) is 0 Å². The lowest BCUT2D eigenvalue weighted by Crippen LogP contribution is -1.86. The molecule has 266 valence electrons. The summed E-state index contributed by atoms with van der Waals surface area (Å²) in [5.41, 5.74) is 20.6. The van der Waals surface area contributed by atoms with Crippen molar-refractivity contribution in [1.29, 1.82) is 0 Å². The van der Waals surface area contributed by atoms with Crippen LogP contribution >= 0.6 is 0 Å². The van der Waals surface area contributed by atoms with Crippen molar-refractivity contribution in [2.75, 3.05) is 0 Å². The van der Waals surface area contributed by atoms with Crippen LogP contribution in [-0.2, 0) is 0 Å². The summed E-state index contributed by atoms with van der Waals surface area (Å²) in [6.45, 7) is 0. The van der Waals surface area contributed by atoms with Gasteiger partial charge in [-0.3, -0.25) is 0 Å². The van der Waals surface area contributed by atoms with Gasteiger partial charge in [0.1, 0.15) is 0 Å². The second-order valence-corrected chi connectivity index (χ2v) is 16.0. The molecule has 0 atom stereocenters. The maximum absolute atomic E-state index is 2.40. The molecule has 11 aromatic rings. The van der Waals surface area contributed by atoms with Crippen molar-refractivity contribution in [1.82, 2.24) is 0 Å². The first-order chi connectivity index (χ1) is 28.7. The highest BCUT2D eigenvalue weighted by Gasteiger charge is 2.24. The molecular formula is C58H34. The van der Waals surface area contributed by atoms with E-state index in [1.54, 1.807) is 0 Å². The van der Waals surface area contributed by atoms with Crippen LogP contribution < -0.4 is 0 Å². The molecule has 0 nitrogen and oxygen atoms in total. The van der Waals surface area contributed by atoms with Crippen LogP contribution in [0, 0.1) is 0 Å². The predicted octanol–water partition coefficient (Wildman–Crippen LogP) is 16.3. The third kappa shape index (κ3) is 4.52. The maximum Gasteiger partial charge on any atom is -0.00197 e. The van der Waals surface area contributed by atoms with E-state index < -0.39 is 0 Å². The molecule has 2 aliphatic carbocycles. The number of rotatable bonds is 4. The SMILES string of the molecule is c1ccc2c(c1)-c1cccc3c(-c4ccc(-c5ccc(-c6ccc(-c7ccc8c(ccc9cc%10c%11c(cccc%11c98)-c8ccccc8-%10)c7)cc6)cc5)cc4)ccc-2c13. The summed E-state index contributed by atoms with van der Waals surface area (Å²) in [5.74, 6) is 0. The van der Waals surface area contributed by atoms with Crippen LogP contribution in [0.25, 0.3) is 132 Å². The summed E-state index contributed by atoms with van der Waals surface area (Å²) in [7, 11) is 0. The van der Waals surface area contributed by atoms with Crippen LogP contribution in [0.15, 0.2) is 206 Å². The Morgan fingerprint density at radius 3 is 1.17 bits per heavy atom. The molecule has 0 radical (unpaired) electrons. The quantitative estimate of drug-likeness (QED) is 0.158. The molecule has 2 aliphatic rings. The van der Waals surface area contributed by atoms with E-state index in [0.29, 0.717) is 0 Å². The number of benzene rings is 11. The number of hydrogen-bond acceptors (Lipinski definition) is 0. The Bertz CT molecular complexity index is 3480. The minimum Gasteiger partial charge on any atom is -0.0616 e. The van der Waals surface area contributed by atoms with E-state index >= 15 is 0 Å². The summed E-state index contributed by atoms with van der Waals surface area (Å²) >= 11 is 0. The highest BCUT2D eigenvalue weighted by Crippen LogP contribution is 2.51. The van der Waals surface area contributed by atoms with Crippen LogP contribution in [-0.4, -0.2) is 0 Å². The van der Waals surface area contributed by atoms with Gasteiger partial charge in [-0.15, -0.1) is 0 Å². The zero-order valence-electron chi connectivity index (χ0n) is 31.6. The van der Waals surface area contributed by atoms with E-state index in [0.717, 1.165) is 0 Å². The first-order valence-corrected chi connectivity index (χ1v) is 20.2. The topological polar surface area (TPSA) is 0 Å². The fourth-order valence-corrected chi connectivity index (χ4v) is 10.2. The monoisotopic (exact) mass is 730 g/mol. The average Bonchev–Trinajstić information content (AvgIpc) is 3.80. The molecule has 0 aromatic heterocycles. The Kier molecular flexibility index (Phi) is 6.54. The van der Waals surface area contributed by atoms with Gasteiger partial charge in [0.2, 0.25) is 0 Å². The molecule has 0 N–H and O–H groups in total. The van der Waals surface area contributed by atoms with Crippen LogP contribution in [0.3, 0.4) is 0 Å². The van der Waals surface area contributed by atoms with Crippen molar-refractivity contribution in [3.8, 4) is 89.0 Å². The molecule has 0 saturated carbocycles. The van der Waals surface area contributed by atoms with Gasteiger partial charge in [-0.2, -0.15) is 0 Å². The largest absolute Gasteiger partial charge is 0.0616 e. The highest BCUT2D eigenvalue weighted by molar-refractivity contribution is 6.29. The minimum absolute atomic E-state index is 1.22. The maximum atomic E-state index is 2.40. The molecule has 0 heterocycles. The van der Waals surface area contributed by atoms with Crippen molar-refractivity contribution in [2.45, 2.75) is 0 Å². The van der Waals surface area contributed by atoms with Gasteiger partial charge >= 0.3 is 0 Å². The molecule has 13 rings (SSSR count). The minimum atomic E-state index is 1.22. The Hall–Kier alpha value is -7.54. The van der Waals surface area contributed by atoms with E-state index in [1.165, 1.54) is 132 Å². The Morgan fingerprint density at radius 1 is 0.172 bits per heavy atom. The molecule has 0 aliphatic heterocycles. The van der Waals surface area contributed by atoms with E-state index in [-0.39, 0.29) is 0 Å². The van der Waals surface area contributed by atoms with Gasteiger partial charge in [-0.25, -0.2) is 0 Å². The van der Waals surface area contributed by atoms with E-state index in [4.69, 9.17) is 0 Å². The zero-order chi connectivity index (χ0) is 37.9. The second-order valence-electron chi connectivity index (χ2n) is 16.0. The first kappa shape index (κ1) is 31.6. The summed E-state index contributed by atoms with van der Waals surface area (Å²) < 4.78 is 0. The van der Waals surface area contributed by atoms with Crippen LogP contribution in [0.5, 0.6) is 0 Å².